The predicted molar refractivity (Wildman–Crippen MR) is 117 cm³/mol. The molecule has 3 aromatic rings. The number of hydrogen-bond donors (Lipinski definition) is 5. The summed E-state index contributed by atoms with van der Waals surface area (Å²) in [4.78, 5) is 13.5. The molecular weight excluding hydrogens is 452 g/mol. The summed E-state index contributed by atoms with van der Waals surface area (Å²) in [6.07, 6.45) is -7.15. The minimum Gasteiger partial charge on any atom is -0.508 e. The smallest absolute Gasteiger partial charge is 0.239 e. The number of benzene rings is 2. The van der Waals surface area contributed by atoms with Gasteiger partial charge in [0.05, 0.1) is 20.3 Å². The van der Waals surface area contributed by atoms with Gasteiger partial charge in [0.25, 0.3) is 0 Å². The molecule has 4 rings (SSSR count). The molecule has 1 aliphatic heterocycles. The molecule has 0 saturated carbocycles. The van der Waals surface area contributed by atoms with Gasteiger partial charge in [-0.1, -0.05) is 0 Å². The summed E-state index contributed by atoms with van der Waals surface area (Å²) < 4.78 is 27.5. The zero-order valence-corrected chi connectivity index (χ0v) is 18.5. The van der Waals surface area contributed by atoms with E-state index in [1.807, 2.05) is 0 Å². The molecule has 5 N–H and O–H groups in total. The minimum atomic E-state index is -1.70. The Morgan fingerprint density at radius 2 is 1.59 bits per heavy atom. The summed E-state index contributed by atoms with van der Waals surface area (Å²) in [7, 11) is 2.63. The average molecular weight is 476 g/mol. The van der Waals surface area contributed by atoms with Crippen LogP contribution in [0.2, 0.25) is 0 Å². The van der Waals surface area contributed by atoms with Gasteiger partial charge in [-0.05, 0) is 31.2 Å². The standard InChI is InChI=1S/C23H24O11/c1-9-15(25)18(28)19(29)23(32-9)34-22-17(27)14-12(8-13(30-2)21(31-3)16(14)26)33-20(22)10-4-6-11(24)7-5-10/h4-9,15,18-19,23-26,28-29H,1-3H3/t9-,15-,18+,19-,23-/m0/s1. The molecule has 2 aromatic carbocycles. The molecular formula is C23H24O11. The number of aromatic hydroxyl groups is 2. The number of phenolic OH excluding ortho intramolecular Hbond substituents is 2. The quantitative estimate of drug-likeness (QED) is 0.357. The maximum Gasteiger partial charge on any atom is 0.239 e. The maximum absolute atomic E-state index is 13.5. The first kappa shape index (κ1) is 23.6. The van der Waals surface area contributed by atoms with Crippen LogP contribution in [0.5, 0.6) is 28.7 Å². The zero-order chi connectivity index (χ0) is 24.7. The third-order valence-electron chi connectivity index (χ3n) is 5.63. The van der Waals surface area contributed by atoms with Crippen LogP contribution in [-0.4, -0.2) is 70.5 Å². The Labute approximate surface area is 192 Å². The molecule has 11 nitrogen and oxygen atoms in total. The van der Waals surface area contributed by atoms with Crippen molar-refractivity contribution in [3.8, 4) is 40.1 Å². The van der Waals surface area contributed by atoms with E-state index in [9.17, 15) is 30.3 Å². The van der Waals surface area contributed by atoms with Gasteiger partial charge >= 0.3 is 0 Å². The van der Waals surface area contributed by atoms with Gasteiger partial charge in [0.1, 0.15) is 35.0 Å². The van der Waals surface area contributed by atoms with Crippen LogP contribution in [-0.2, 0) is 4.74 Å². The van der Waals surface area contributed by atoms with Crippen molar-refractivity contribution in [3.05, 3.63) is 40.6 Å². The molecule has 5 atom stereocenters. The van der Waals surface area contributed by atoms with Crippen molar-refractivity contribution in [2.24, 2.45) is 0 Å². The lowest BCUT2D eigenvalue weighted by Crippen LogP contribution is -2.58. The van der Waals surface area contributed by atoms with Crippen LogP contribution < -0.4 is 19.6 Å². The summed E-state index contributed by atoms with van der Waals surface area (Å²) in [5.41, 5.74) is -0.559. The first-order chi connectivity index (χ1) is 16.2. The lowest BCUT2D eigenvalue weighted by atomic mass is 10.00. The number of aliphatic hydroxyl groups excluding tert-OH is 3. The summed E-state index contributed by atoms with van der Waals surface area (Å²) >= 11 is 0. The molecule has 34 heavy (non-hydrogen) atoms. The highest BCUT2D eigenvalue weighted by molar-refractivity contribution is 5.91. The van der Waals surface area contributed by atoms with Crippen molar-refractivity contribution in [2.75, 3.05) is 14.2 Å². The Morgan fingerprint density at radius 3 is 2.21 bits per heavy atom. The van der Waals surface area contributed by atoms with Crippen LogP contribution in [0.1, 0.15) is 6.92 Å². The second kappa shape index (κ2) is 9.03. The van der Waals surface area contributed by atoms with Crippen molar-refractivity contribution in [1.29, 1.82) is 0 Å². The highest BCUT2D eigenvalue weighted by Crippen LogP contribution is 2.44. The van der Waals surface area contributed by atoms with Crippen molar-refractivity contribution in [3.63, 3.8) is 0 Å². The number of ether oxygens (including phenoxy) is 4. The SMILES string of the molecule is COc1cc2oc(-c3ccc(O)cc3)c(O[C@@H]3O[C@@H](C)[C@H](O)[C@@H](O)[C@@H]3O)c(=O)c2c(O)c1OC. The van der Waals surface area contributed by atoms with E-state index in [1.54, 1.807) is 0 Å². The molecule has 0 amide bonds. The molecule has 1 aliphatic rings. The predicted octanol–water partition coefficient (Wildman–Crippen LogP) is 1.09. The number of fused-ring (bicyclic) bond motifs is 1. The molecule has 182 valence electrons. The zero-order valence-electron chi connectivity index (χ0n) is 18.5. The lowest BCUT2D eigenvalue weighted by molar-refractivity contribution is -0.268. The Morgan fingerprint density at radius 1 is 0.912 bits per heavy atom. The van der Waals surface area contributed by atoms with E-state index in [2.05, 4.69) is 0 Å². The van der Waals surface area contributed by atoms with Crippen molar-refractivity contribution < 1.29 is 48.9 Å². The van der Waals surface area contributed by atoms with Gasteiger partial charge in [-0.25, -0.2) is 0 Å². The van der Waals surface area contributed by atoms with Crippen LogP contribution >= 0.6 is 0 Å². The lowest BCUT2D eigenvalue weighted by Gasteiger charge is -2.38. The van der Waals surface area contributed by atoms with Crippen LogP contribution in [0.4, 0.5) is 0 Å². The summed E-state index contributed by atoms with van der Waals surface area (Å²) in [5.74, 6) is -1.13. The average Bonchev–Trinajstić information content (AvgIpc) is 2.82. The molecule has 0 aliphatic carbocycles. The third kappa shape index (κ3) is 3.88. The fourth-order valence-electron chi connectivity index (χ4n) is 3.76. The van der Waals surface area contributed by atoms with Gasteiger partial charge < -0.3 is 48.9 Å². The Kier molecular flexibility index (Phi) is 6.28. The molecule has 0 bridgehead atoms. The normalized spacial score (nSPS) is 24.7. The van der Waals surface area contributed by atoms with Crippen molar-refractivity contribution in [1.82, 2.24) is 0 Å². The first-order valence-corrected chi connectivity index (χ1v) is 10.3. The van der Waals surface area contributed by atoms with Crippen LogP contribution in [0.15, 0.2) is 39.5 Å². The minimum absolute atomic E-state index is 0.0321. The van der Waals surface area contributed by atoms with Gasteiger partial charge in [-0.15, -0.1) is 0 Å². The number of phenols is 2. The van der Waals surface area contributed by atoms with E-state index in [4.69, 9.17) is 23.4 Å². The molecule has 0 spiro atoms. The van der Waals surface area contributed by atoms with Gasteiger partial charge in [0, 0.05) is 11.6 Å². The van der Waals surface area contributed by atoms with Crippen LogP contribution in [0, 0.1) is 0 Å². The second-order valence-electron chi connectivity index (χ2n) is 7.77. The molecule has 0 unspecified atom stereocenters. The van der Waals surface area contributed by atoms with E-state index >= 15 is 0 Å². The summed E-state index contributed by atoms with van der Waals surface area (Å²) in [5, 5.41) is 50.6. The fraction of sp³-hybridized carbons (Fsp3) is 0.348. The fourth-order valence-corrected chi connectivity index (χ4v) is 3.76. The Bertz CT molecular complexity index is 1250. The molecule has 0 radical (unpaired) electrons. The van der Waals surface area contributed by atoms with Crippen molar-refractivity contribution >= 4 is 11.0 Å². The highest BCUT2D eigenvalue weighted by atomic mass is 16.7. The Hall–Kier alpha value is -3.51. The number of rotatable bonds is 5. The van der Waals surface area contributed by atoms with Gasteiger partial charge in [-0.3, -0.25) is 4.79 Å². The number of hydrogen-bond acceptors (Lipinski definition) is 11. The number of aliphatic hydroxyl groups is 3. The highest BCUT2D eigenvalue weighted by Gasteiger charge is 2.44. The number of methoxy groups -OCH3 is 2. The molecule has 1 aromatic heterocycles. The first-order valence-electron chi connectivity index (χ1n) is 10.3. The van der Waals surface area contributed by atoms with E-state index < -0.39 is 47.6 Å². The van der Waals surface area contributed by atoms with Gasteiger partial charge in [-0.2, -0.15) is 0 Å². The summed E-state index contributed by atoms with van der Waals surface area (Å²) in [6, 6.07) is 7.02. The molecule has 1 saturated heterocycles. The Balaban J connectivity index is 1.95. The monoisotopic (exact) mass is 476 g/mol. The molecule has 2 heterocycles. The van der Waals surface area contributed by atoms with Gasteiger partial charge in [0.2, 0.25) is 23.2 Å². The van der Waals surface area contributed by atoms with E-state index in [0.29, 0.717) is 5.56 Å². The second-order valence-corrected chi connectivity index (χ2v) is 7.77. The molecule has 11 heteroatoms. The van der Waals surface area contributed by atoms with Gasteiger partial charge in [0.15, 0.2) is 17.3 Å². The largest absolute Gasteiger partial charge is 0.508 e. The van der Waals surface area contributed by atoms with Crippen LogP contribution in [0.25, 0.3) is 22.3 Å². The van der Waals surface area contributed by atoms with E-state index in [1.165, 1.54) is 51.5 Å². The van der Waals surface area contributed by atoms with Crippen molar-refractivity contribution in [2.45, 2.75) is 37.6 Å². The maximum atomic E-state index is 13.5. The summed E-state index contributed by atoms with van der Waals surface area (Å²) in [6.45, 7) is 1.46. The topological polar surface area (TPSA) is 168 Å². The van der Waals surface area contributed by atoms with Crippen LogP contribution in [0.3, 0.4) is 0 Å². The third-order valence-corrected chi connectivity index (χ3v) is 5.63. The van der Waals surface area contributed by atoms with E-state index in [-0.39, 0.29) is 34.0 Å². The van der Waals surface area contributed by atoms with E-state index in [0.717, 1.165) is 0 Å². The molecule has 1 fully saturated rings.